The minimum absolute atomic E-state index is 0. The van der Waals surface area contributed by atoms with Gasteiger partial charge in [-0.2, -0.15) is 5.10 Å². The number of carbonyl (C=O) groups is 5. The van der Waals surface area contributed by atoms with Gasteiger partial charge >= 0.3 is 0 Å². The summed E-state index contributed by atoms with van der Waals surface area (Å²) in [7, 11) is 2.12. The summed E-state index contributed by atoms with van der Waals surface area (Å²) in [5.74, 6) is 0.847. The minimum Gasteiger partial charge on any atom is -0.494 e. The van der Waals surface area contributed by atoms with Crippen molar-refractivity contribution in [1.29, 1.82) is 0 Å². The zero-order chi connectivity index (χ0) is 52.2. The number of hydrogen-bond acceptors (Lipinski definition) is 14. The first-order valence-corrected chi connectivity index (χ1v) is 26.3. The number of benzene rings is 3. The van der Waals surface area contributed by atoms with Crippen molar-refractivity contribution in [1.82, 2.24) is 40.6 Å². The van der Waals surface area contributed by atoms with Crippen LogP contribution in [0.2, 0.25) is 0 Å². The van der Waals surface area contributed by atoms with Crippen LogP contribution in [-0.2, 0) is 47.2 Å². The number of imide groups is 1. The Morgan fingerprint density at radius 2 is 1.47 bits per heavy atom. The van der Waals surface area contributed by atoms with Crippen molar-refractivity contribution in [3.8, 4) is 17.1 Å². The molecule has 3 aromatic carbocycles. The van der Waals surface area contributed by atoms with Gasteiger partial charge in [-0.1, -0.05) is 37.1 Å². The number of aromatic nitrogens is 4. The highest BCUT2D eigenvalue weighted by Gasteiger charge is 2.41. The molecular weight excluding hydrogens is 992 g/mol. The lowest BCUT2D eigenvalue weighted by Gasteiger charge is -2.40. The molecule has 5 aromatic rings. The minimum atomic E-state index is -0.705. The number of anilines is 2. The van der Waals surface area contributed by atoms with Crippen LogP contribution in [0, 0.1) is 0 Å². The standard InChI is InChI=1S/C56H70N10O9.ClH/c1-65-28-24-56(25-29-65,55-61-51(63-64-55)41-22-26-57-27-23-41)62-43-12-9-11-42(37-43)52(69)58-38-40-16-18-44(19-17-40)75-32-8-3-2-6-30-72-33-35-74-36-34-73-31-7-4-5-15-49(67)59-47-14-10-13-45-46(47)39-66(54(45)71)48-20-21-50(68)60-53(48)70;/h9-14,16-19,22-23,26-27,37,48,62H,2-8,15,20-21,24-25,28-36,38-39H2,1H3,(H,58,69)(H,59,67)(H,60,68,70)(H,61,63,64);1H. The second-order valence-electron chi connectivity index (χ2n) is 19.4. The lowest BCUT2D eigenvalue weighted by molar-refractivity contribution is -0.137. The van der Waals surface area contributed by atoms with Crippen LogP contribution in [0.4, 0.5) is 11.4 Å². The third-order valence-corrected chi connectivity index (χ3v) is 13.8. The van der Waals surface area contributed by atoms with Gasteiger partial charge in [-0.15, -0.1) is 12.4 Å². The molecule has 406 valence electrons. The molecule has 5 amide bonds. The van der Waals surface area contributed by atoms with Gasteiger partial charge in [-0.3, -0.25) is 39.4 Å². The lowest BCUT2D eigenvalue weighted by atomic mass is 9.86. The first kappa shape index (κ1) is 56.9. The summed E-state index contributed by atoms with van der Waals surface area (Å²) in [6.45, 7) is 6.32. The molecular formula is C56H71ClN10O9. The summed E-state index contributed by atoms with van der Waals surface area (Å²) in [5, 5.41) is 19.8. The van der Waals surface area contributed by atoms with Gasteiger partial charge < -0.3 is 44.7 Å². The first-order valence-electron chi connectivity index (χ1n) is 26.3. The fourth-order valence-corrected chi connectivity index (χ4v) is 9.50. The monoisotopic (exact) mass is 1060 g/mol. The van der Waals surface area contributed by atoms with Crippen molar-refractivity contribution in [2.75, 3.05) is 77.0 Å². The van der Waals surface area contributed by atoms with Gasteiger partial charge in [0.2, 0.25) is 17.7 Å². The van der Waals surface area contributed by atoms with Gasteiger partial charge in [0, 0.05) is 98.3 Å². The predicted octanol–water partition coefficient (Wildman–Crippen LogP) is 7.20. The molecule has 19 nitrogen and oxygen atoms in total. The summed E-state index contributed by atoms with van der Waals surface area (Å²) < 4.78 is 23.0. The number of halogens is 1. The number of carbonyl (C=O) groups excluding carboxylic acids is 5. The number of hydrogen-bond donors (Lipinski definition) is 5. The average molecular weight is 1060 g/mol. The molecule has 0 aliphatic carbocycles. The van der Waals surface area contributed by atoms with Crippen LogP contribution >= 0.6 is 12.4 Å². The molecule has 20 heteroatoms. The van der Waals surface area contributed by atoms with Gasteiger partial charge in [0.25, 0.3) is 11.8 Å². The van der Waals surface area contributed by atoms with E-state index in [1.165, 1.54) is 4.90 Å². The number of likely N-dealkylation sites (tertiary alicyclic amines) is 1. The van der Waals surface area contributed by atoms with E-state index in [1.54, 1.807) is 30.6 Å². The quantitative estimate of drug-likeness (QED) is 0.0236. The van der Waals surface area contributed by atoms with Crippen molar-refractivity contribution in [3.63, 3.8) is 0 Å². The largest absolute Gasteiger partial charge is 0.494 e. The Morgan fingerprint density at radius 3 is 2.20 bits per heavy atom. The molecule has 76 heavy (non-hydrogen) atoms. The van der Waals surface area contributed by atoms with E-state index in [1.807, 2.05) is 60.7 Å². The molecule has 3 aliphatic rings. The first-order chi connectivity index (χ1) is 36.6. The Balaban J connectivity index is 0.00000840. The highest BCUT2D eigenvalue weighted by atomic mass is 35.5. The van der Waals surface area contributed by atoms with E-state index in [0.29, 0.717) is 93.8 Å². The molecule has 2 saturated heterocycles. The molecule has 0 saturated carbocycles. The van der Waals surface area contributed by atoms with Crippen molar-refractivity contribution in [2.45, 2.75) is 102 Å². The van der Waals surface area contributed by atoms with Crippen LogP contribution in [0.25, 0.3) is 11.4 Å². The maximum atomic E-state index is 13.3. The highest BCUT2D eigenvalue weighted by molar-refractivity contribution is 6.06. The molecule has 0 bridgehead atoms. The lowest BCUT2D eigenvalue weighted by Crippen LogP contribution is -2.52. The second kappa shape index (κ2) is 28.9. The smallest absolute Gasteiger partial charge is 0.255 e. The van der Waals surface area contributed by atoms with Crippen molar-refractivity contribution >= 4 is 53.3 Å². The van der Waals surface area contributed by atoms with E-state index >= 15 is 0 Å². The average Bonchev–Trinajstić information content (AvgIpc) is 4.08. The Hall–Kier alpha value is -6.77. The number of fused-ring (bicyclic) bond motifs is 1. The number of pyridine rings is 1. The van der Waals surface area contributed by atoms with Gasteiger partial charge in [-0.25, -0.2) is 4.98 Å². The van der Waals surface area contributed by atoms with Crippen molar-refractivity contribution in [3.05, 3.63) is 119 Å². The summed E-state index contributed by atoms with van der Waals surface area (Å²) in [6, 6.07) is 23.7. The summed E-state index contributed by atoms with van der Waals surface area (Å²) >= 11 is 0. The summed E-state index contributed by atoms with van der Waals surface area (Å²) in [4.78, 5) is 75.9. The number of amides is 5. The number of unbranched alkanes of at least 4 members (excludes halogenated alkanes) is 5. The number of H-pyrrole nitrogens is 1. The fraction of sp³-hybridized carbons (Fsp3) is 0.464. The van der Waals surface area contributed by atoms with Crippen LogP contribution in [0.1, 0.15) is 115 Å². The van der Waals surface area contributed by atoms with Crippen LogP contribution in [0.5, 0.6) is 5.75 Å². The summed E-state index contributed by atoms with van der Waals surface area (Å²) in [5.41, 5.74) is 4.54. The molecule has 3 aliphatic heterocycles. The van der Waals surface area contributed by atoms with Gasteiger partial charge in [-0.05, 0) is 119 Å². The van der Waals surface area contributed by atoms with Crippen molar-refractivity contribution < 1.29 is 42.9 Å². The number of ether oxygens (including phenoxy) is 4. The maximum absolute atomic E-state index is 13.3. The molecule has 5 N–H and O–H groups in total. The SMILES string of the molecule is CN1CCC(Nc2cccc(C(=O)NCc3ccc(OCCCCCCOCCOCCOCCCCCC(=O)Nc4cccc5c4CN(C4CCC(=O)NC4=O)C5=O)cc3)c2)(c2nc(-c3ccncc3)n[nH]2)CC1.Cl. The van der Waals surface area contributed by atoms with E-state index < -0.39 is 17.5 Å². The van der Waals surface area contributed by atoms with E-state index in [0.717, 1.165) is 92.8 Å². The molecule has 2 aromatic heterocycles. The molecule has 0 spiro atoms. The van der Waals surface area contributed by atoms with Gasteiger partial charge in [0.15, 0.2) is 11.6 Å². The molecule has 2 fully saturated rings. The fourth-order valence-electron chi connectivity index (χ4n) is 9.50. The van der Waals surface area contributed by atoms with Crippen LogP contribution < -0.4 is 26.0 Å². The van der Waals surface area contributed by atoms with E-state index in [-0.39, 0.29) is 55.4 Å². The number of piperidine rings is 2. The predicted molar refractivity (Wildman–Crippen MR) is 289 cm³/mol. The number of rotatable bonds is 29. The third-order valence-electron chi connectivity index (χ3n) is 13.8. The number of nitrogens with one attached hydrogen (secondary N) is 5. The van der Waals surface area contributed by atoms with Crippen LogP contribution in [0.3, 0.4) is 0 Å². The third kappa shape index (κ3) is 16.1. The number of aromatic amines is 1. The molecule has 0 radical (unpaired) electrons. The van der Waals surface area contributed by atoms with E-state index in [2.05, 4.69) is 48.4 Å². The Kier molecular flexibility index (Phi) is 21.7. The Bertz CT molecular complexity index is 2680. The van der Waals surface area contributed by atoms with Crippen LogP contribution in [0.15, 0.2) is 91.3 Å². The van der Waals surface area contributed by atoms with E-state index in [4.69, 9.17) is 23.9 Å². The topological polar surface area (TPSA) is 231 Å². The van der Waals surface area contributed by atoms with Gasteiger partial charge in [0.05, 0.1) is 38.6 Å². The molecule has 1 unspecified atom stereocenters. The van der Waals surface area contributed by atoms with E-state index in [9.17, 15) is 24.0 Å². The molecule has 5 heterocycles. The maximum Gasteiger partial charge on any atom is 0.255 e. The summed E-state index contributed by atoms with van der Waals surface area (Å²) in [6.07, 6.45) is 12.3. The zero-order valence-corrected chi connectivity index (χ0v) is 44.1. The number of nitrogens with zero attached hydrogens (tertiary/aromatic N) is 5. The Morgan fingerprint density at radius 1 is 0.789 bits per heavy atom. The van der Waals surface area contributed by atoms with Crippen LogP contribution in [-0.4, -0.2) is 132 Å². The zero-order valence-electron chi connectivity index (χ0n) is 43.3. The molecule has 8 rings (SSSR count). The highest BCUT2D eigenvalue weighted by Crippen LogP contribution is 2.36. The Labute approximate surface area is 450 Å². The normalized spacial score (nSPS) is 16.1. The van der Waals surface area contributed by atoms with Crippen molar-refractivity contribution in [2.24, 2.45) is 0 Å². The molecule has 1 atom stereocenters. The second-order valence-corrected chi connectivity index (χ2v) is 19.4. The van der Waals surface area contributed by atoms with Gasteiger partial charge in [0.1, 0.15) is 11.8 Å².